The molecule has 0 radical (unpaired) electrons. The Kier molecular flexibility index (Phi) is 2.23. The predicted octanol–water partition coefficient (Wildman–Crippen LogP) is 2.29. The molecule has 0 aromatic heterocycles. The first kappa shape index (κ1) is 9.53. The monoisotopic (exact) mass is 192 g/mol. The Labute approximate surface area is 84.8 Å². The maximum absolute atomic E-state index is 5.26. The molecule has 1 aromatic carbocycles. The second-order valence-electron chi connectivity index (χ2n) is 4.24. The Hall–Kier alpha value is -1.02. The molecule has 0 amide bonds. The minimum absolute atomic E-state index is 0.219. The second kappa shape index (κ2) is 3.28. The minimum Gasteiger partial charge on any atom is -0.496 e. The lowest BCUT2D eigenvalue weighted by atomic mass is 9.80. The van der Waals surface area contributed by atoms with Gasteiger partial charge in [-0.1, -0.05) is 19.1 Å². The van der Waals surface area contributed by atoms with Crippen LogP contribution in [0.15, 0.2) is 18.2 Å². The first-order chi connectivity index (χ1) is 6.65. The van der Waals surface area contributed by atoms with E-state index in [1.807, 2.05) is 6.07 Å². The Morgan fingerprint density at radius 1 is 1.36 bits per heavy atom. The molecule has 1 aliphatic heterocycles. The summed E-state index contributed by atoms with van der Waals surface area (Å²) in [5.74, 6) is 0.956. The fourth-order valence-corrected chi connectivity index (χ4v) is 1.83. The van der Waals surface area contributed by atoms with Crippen LogP contribution in [-0.4, -0.2) is 20.3 Å². The quantitative estimate of drug-likeness (QED) is 0.715. The van der Waals surface area contributed by atoms with E-state index in [0.717, 1.165) is 19.0 Å². The highest BCUT2D eigenvalue weighted by molar-refractivity contribution is 5.40. The zero-order valence-corrected chi connectivity index (χ0v) is 8.96. The van der Waals surface area contributed by atoms with E-state index in [1.165, 1.54) is 11.1 Å². The summed E-state index contributed by atoms with van der Waals surface area (Å²) in [6.45, 7) is 5.97. The van der Waals surface area contributed by atoms with Crippen molar-refractivity contribution in [2.24, 2.45) is 0 Å². The van der Waals surface area contributed by atoms with Crippen molar-refractivity contribution < 1.29 is 9.47 Å². The SMILES string of the molecule is COc1ccc(C2(C)COC2)cc1C. The van der Waals surface area contributed by atoms with Crippen LogP contribution in [0.5, 0.6) is 5.75 Å². The number of rotatable bonds is 2. The highest BCUT2D eigenvalue weighted by Gasteiger charge is 2.35. The highest BCUT2D eigenvalue weighted by atomic mass is 16.5. The molecule has 1 fully saturated rings. The summed E-state index contributed by atoms with van der Waals surface area (Å²) >= 11 is 0. The van der Waals surface area contributed by atoms with Gasteiger partial charge in [0.2, 0.25) is 0 Å². The molecule has 1 heterocycles. The van der Waals surface area contributed by atoms with Crippen molar-refractivity contribution in [2.75, 3.05) is 20.3 Å². The molecule has 0 N–H and O–H groups in total. The van der Waals surface area contributed by atoms with Gasteiger partial charge in [-0.3, -0.25) is 0 Å². The Morgan fingerprint density at radius 3 is 2.50 bits per heavy atom. The zero-order chi connectivity index (χ0) is 10.2. The Balaban J connectivity index is 2.32. The fourth-order valence-electron chi connectivity index (χ4n) is 1.83. The topological polar surface area (TPSA) is 18.5 Å². The van der Waals surface area contributed by atoms with E-state index < -0.39 is 0 Å². The van der Waals surface area contributed by atoms with Crippen molar-refractivity contribution in [1.29, 1.82) is 0 Å². The number of aryl methyl sites for hydroxylation is 1. The number of hydrogen-bond acceptors (Lipinski definition) is 2. The smallest absolute Gasteiger partial charge is 0.121 e. The predicted molar refractivity (Wildman–Crippen MR) is 55.9 cm³/mol. The van der Waals surface area contributed by atoms with Crippen LogP contribution in [0, 0.1) is 6.92 Å². The molecule has 2 rings (SSSR count). The van der Waals surface area contributed by atoms with Gasteiger partial charge in [-0.25, -0.2) is 0 Å². The lowest BCUT2D eigenvalue weighted by molar-refractivity contribution is -0.0500. The van der Waals surface area contributed by atoms with Gasteiger partial charge < -0.3 is 9.47 Å². The average Bonchev–Trinajstić information content (AvgIpc) is 2.14. The van der Waals surface area contributed by atoms with Crippen LogP contribution in [0.25, 0.3) is 0 Å². The first-order valence-electron chi connectivity index (χ1n) is 4.88. The van der Waals surface area contributed by atoms with E-state index in [1.54, 1.807) is 7.11 Å². The second-order valence-corrected chi connectivity index (χ2v) is 4.24. The van der Waals surface area contributed by atoms with E-state index >= 15 is 0 Å². The van der Waals surface area contributed by atoms with Gasteiger partial charge in [0, 0.05) is 5.41 Å². The average molecular weight is 192 g/mol. The van der Waals surface area contributed by atoms with Crippen LogP contribution in [-0.2, 0) is 10.2 Å². The Bertz CT molecular complexity index is 340. The summed E-state index contributed by atoms with van der Waals surface area (Å²) in [5, 5.41) is 0. The summed E-state index contributed by atoms with van der Waals surface area (Å²) < 4.78 is 10.5. The molecule has 0 aliphatic carbocycles. The molecule has 0 saturated carbocycles. The van der Waals surface area contributed by atoms with Crippen LogP contribution >= 0.6 is 0 Å². The summed E-state index contributed by atoms with van der Waals surface area (Å²) in [4.78, 5) is 0. The molecule has 0 bridgehead atoms. The molecule has 76 valence electrons. The third-order valence-electron chi connectivity index (χ3n) is 2.93. The van der Waals surface area contributed by atoms with Crippen LogP contribution < -0.4 is 4.74 Å². The molecule has 2 nitrogen and oxygen atoms in total. The molecule has 1 aromatic rings. The van der Waals surface area contributed by atoms with Gasteiger partial charge in [0.25, 0.3) is 0 Å². The lowest BCUT2D eigenvalue weighted by Gasteiger charge is -2.38. The van der Waals surface area contributed by atoms with Gasteiger partial charge in [-0.05, 0) is 24.1 Å². The van der Waals surface area contributed by atoms with E-state index in [-0.39, 0.29) is 5.41 Å². The third kappa shape index (κ3) is 1.40. The van der Waals surface area contributed by atoms with Crippen LogP contribution in [0.1, 0.15) is 18.1 Å². The summed E-state index contributed by atoms with van der Waals surface area (Å²) in [6, 6.07) is 6.37. The van der Waals surface area contributed by atoms with E-state index in [0.29, 0.717) is 0 Å². The minimum atomic E-state index is 0.219. The van der Waals surface area contributed by atoms with E-state index in [2.05, 4.69) is 26.0 Å². The molecular formula is C12H16O2. The van der Waals surface area contributed by atoms with Gasteiger partial charge in [0.05, 0.1) is 20.3 Å². The molecule has 0 spiro atoms. The number of ether oxygens (including phenoxy) is 2. The van der Waals surface area contributed by atoms with Crippen LogP contribution in [0.3, 0.4) is 0 Å². The molecule has 0 atom stereocenters. The third-order valence-corrected chi connectivity index (χ3v) is 2.93. The normalized spacial score (nSPS) is 18.8. The van der Waals surface area contributed by atoms with Crippen molar-refractivity contribution in [3.8, 4) is 5.75 Å². The largest absolute Gasteiger partial charge is 0.496 e. The van der Waals surface area contributed by atoms with E-state index in [9.17, 15) is 0 Å². The van der Waals surface area contributed by atoms with Crippen molar-refractivity contribution >= 4 is 0 Å². The molecular weight excluding hydrogens is 176 g/mol. The standard InChI is InChI=1S/C12H16O2/c1-9-6-10(4-5-11(9)13-3)12(2)7-14-8-12/h4-6H,7-8H2,1-3H3. The van der Waals surface area contributed by atoms with Crippen molar-refractivity contribution in [1.82, 2.24) is 0 Å². The summed E-state index contributed by atoms with van der Waals surface area (Å²) in [6.07, 6.45) is 0. The molecule has 0 unspecified atom stereocenters. The number of benzene rings is 1. The van der Waals surface area contributed by atoms with Gasteiger partial charge in [0.1, 0.15) is 5.75 Å². The highest BCUT2D eigenvalue weighted by Crippen LogP contribution is 2.33. The van der Waals surface area contributed by atoms with Crippen molar-refractivity contribution in [3.05, 3.63) is 29.3 Å². The maximum atomic E-state index is 5.26. The van der Waals surface area contributed by atoms with Gasteiger partial charge in [0.15, 0.2) is 0 Å². The summed E-state index contributed by atoms with van der Waals surface area (Å²) in [5.41, 5.74) is 2.76. The van der Waals surface area contributed by atoms with E-state index in [4.69, 9.17) is 9.47 Å². The van der Waals surface area contributed by atoms with Gasteiger partial charge in [-0.15, -0.1) is 0 Å². The lowest BCUT2D eigenvalue weighted by Crippen LogP contribution is -2.43. The van der Waals surface area contributed by atoms with Gasteiger partial charge in [-0.2, -0.15) is 0 Å². The molecule has 14 heavy (non-hydrogen) atoms. The molecule has 2 heteroatoms. The molecule has 1 aliphatic rings. The maximum Gasteiger partial charge on any atom is 0.121 e. The first-order valence-corrected chi connectivity index (χ1v) is 4.88. The zero-order valence-electron chi connectivity index (χ0n) is 8.96. The number of methoxy groups -OCH3 is 1. The van der Waals surface area contributed by atoms with Crippen LogP contribution in [0.2, 0.25) is 0 Å². The van der Waals surface area contributed by atoms with Crippen molar-refractivity contribution in [3.63, 3.8) is 0 Å². The van der Waals surface area contributed by atoms with Crippen molar-refractivity contribution in [2.45, 2.75) is 19.3 Å². The Morgan fingerprint density at radius 2 is 2.07 bits per heavy atom. The van der Waals surface area contributed by atoms with Crippen LogP contribution in [0.4, 0.5) is 0 Å². The number of hydrogen-bond donors (Lipinski definition) is 0. The fraction of sp³-hybridized carbons (Fsp3) is 0.500. The van der Waals surface area contributed by atoms with Gasteiger partial charge >= 0.3 is 0 Å². The molecule has 1 saturated heterocycles. The summed E-state index contributed by atoms with van der Waals surface area (Å²) in [7, 11) is 1.70.